The van der Waals surface area contributed by atoms with E-state index in [1.54, 1.807) is 0 Å². The molecule has 0 saturated carbocycles. The molecule has 1 amide bonds. The smallest absolute Gasteiger partial charge is 0.225 e. The number of piperidine rings is 1. The predicted molar refractivity (Wildman–Crippen MR) is 79.7 cm³/mol. The summed E-state index contributed by atoms with van der Waals surface area (Å²) in [5.41, 5.74) is 0. The van der Waals surface area contributed by atoms with Crippen LogP contribution in [0.1, 0.15) is 33.1 Å². The molecule has 2 aliphatic rings. The summed E-state index contributed by atoms with van der Waals surface area (Å²) in [4.78, 5) is 16.8. The fraction of sp³-hybridized carbons (Fsp3) is 0.933. The number of morpholine rings is 1. The Bertz CT molecular complexity index is 293. The Labute approximate surface area is 122 Å². The fourth-order valence-corrected chi connectivity index (χ4v) is 3.30. The summed E-state index contributed by atoms with van der Waals surface area (Å²) in [6.07, 6.45) is 2.81. The number of carbonyl (C=O) groups is 1. The zero-order chi connectivity index (χ0) is 14.4. The summed E-state index contributed by atoms with van der Waals surface area (Å²) in [6.45, 7) is 10.9. The van der Waals surface area contributed by atoms with E-state index >= 15 is 0 Å². The Morgan fingerprint density at radius 2 is 2.00 bits per heavy atom. The first kappa shape index (κ1) is 15.7. The summed E-state index contributed by atoms with van der Waals surface area (Å²) in [5, 5.41) is 3.28. The lowest BCUT2D eigenvalue weighted by atomic mass is 10.0. The van der Waals surface area contributed by atoms with E-state index in [0.717, 1.165) is 58.7 Å². The van der Waals surface area contributed by atoms with Crippen LogP contribution in [0.4, 0.5) is 0 Å². The molecule has 2 heterocycles. The molecule has 1 N–H and O–H groups in total. The first-order valence-corrected chi connectivity index (χ1v) is 8.08. The number of rotatable bonds is 5. The lowest BCUT2D eigenvalue weighted by molar-refractivity contribution is -0.136. The van der Waals surface area contributed by atoms with Crippen molar-refractivity contribution in [3.05, 3.63) is 0 Å². The SMILES string of the molecule is CCN(CC)C1CCN(C(=O)CC2CNCCO2)CC1. The van der Waals surface area contributed by atoms with E-state index < -0.39 is 0 Å². The minimum absolute atomic E-state index is 0.0664. The van der Waals surface area contributed by atoms with Crippen LogP contribution in [0.5, 0.6) is 0 Å². The highest BCUT2D eigenvalue weighted by Crippen LogP contribution is 2.17. The van der Waals surface area contributed by atoms with Crippen molar-refractivity contribution in [3.8, 4) is 0 Å². The summed E-state index contributed by atoms with van der Waals surface area (Å²) in [6, 6.07) is 0.654. The Morgan fingerprint density at radius 1 is 1.30 bits per heavy atom. The summed E-state index contributed by atoms with van der Waals surface area (Å²) < 4.78 is 5.62. The van der Waals surface area contributed by atoms with Crippen molar-refractivity contribution in [3.63, 3.8) is 0 Å². The number of carbonyl (C=O) groups excluding carboxylic acids is 1. The van der Waals surface area contributed by atoms with Gasteiger partial charge in [-0.05, 0) is 25.9 Å². The molecule has 0 aromatic rings. The normalized spacial score (nSPS) is 25.1. The van der Waals surface area contributed by atoms with Crippen LogP contribution in [-0.4, -0.2) is 73.7 Å². The topological polar surface area (TPSA) is 44.8 Å². The van der Waals surface area contributed by atoms with E-state index in [1.165, 1.54) is 0 Å². The molecule has 0 aromatic carbocycles. The number of likely N-dealkylation sites (tertiary alicyclic amines) is 1. The maximum Gasteiger partial charge on any atom is 0.225 e. The highest BCUT2D eigenvalue weighted by molar-refractivity contribution is 5.76. The van der Waals surface area contributed by atoms with E-state index in [-0.39, 0.29) is 12.0 Å². The minimum atomic E-state index is 0.0664. The average Bonchev–Trinajstić information content (AvgIpc) is 2.50. The molecule has 2 rings (SSSR count). The van der Waals surface area contributed by atoms with E-state index in [2.05, 4.69) is 24.1 Å². The number of ether oxygens (including phenoxy) is 1. The van der Waals surface area contributed by atoms with Crippen molar-refractivity contribution < 1.29 is 9.53 Å². The van der Waals surface area contributed by atoms with E-state index in [0.29, 0.717) is 12.5 Å². The van der Waals surface area contributed by atoms with Crippen LogP contribution in [0.3, 0.4) is 0 Å². The fourth-order valence-electron chi connectivity index (χ4n) is 3.30. The van der Waals surface area contributed by atoms with Gasteiger partial charge in [0.1, 0.15) is 0 Å². The molecular formula is C15H29N3O2. The summed E-state index contributed by atoms with van der Waals surface area (Å²) >= 11 is 0. The second-order valence-electron chi connectivity index (χ2n) is 5.73. The maximum absolute atomic E-state index is 12.3. The number of amides is 1. The summed E-state index contributed by atoms with van der Waals surface area (Å²) in [7, 11) is 0. The average molecular weight is 283 g/mol. The zero-order valence-electron chi connectivity index (χ0n) is 12.9. The Kier molecular flexibility index (Phi) is 6.26. The molecule has 0 aromatic heterocycles. The van der Waals surface area contributed by atoms with Gasteiger partial charge in [0.2, 0.25) is 5.91 Å². The Hall–Kier alpha value is -0.650. The molecule has 1 atom stereocenters. The molecule has 2 aliphatic heterocycles. The molecule has 5 heteroatoms. The summed E-state index contributed by atoms with van der Waals surface area (Å²) in [5.74, 6) is 0.261. The van der Waals surface area contributed by atoms with Gasteiger partial charge >= 0.3 is 0 Å². The van der Waals surface area contributed by atoms with Gasteiger partial charge < -0.3 is 19.9 Å². The molecule has 20 heavy (non-hydrogen) atoms. The zero-order valence-corrected chi connectivity index (χ0v) is 12.9. The van der Waals surface area contributed by atoms with Crippen LogP contribution >= 0.6 is 0 Å². The van der Waals surface area contributed by atoms with Gasteiger partial charge in [0.15, 0.2) is 0 Å². The van der Waals surface area contributed by atoms with Gasteiger partial charge in [0.05, 0.1) is 19.1 Å². The van der Waals surface area contributed by atoms with E-state index in [4.69, 9.17) is 4.74 Å². The Morgan fingerprint density at radius 3 is 2.55 bits per heavy atom. The first-order chi connectivity index (χ1) is 9.74. The van der Waals surface area contributed by atoms with Crippen molar-refractivity contribution in [1.29, 1.82) is 0 Å². The monoisotopic (exact) mass is 283 g/mol. The molecule has 0 aliphatic carbocycles. The van der Waals surface area contributed by atoms with Crippen LogP contribution in [-0.2, 0) is 9.53 Å². The maximum atomic E-state index is 12.3. The van der Waals surface area contributed by atoms with Gasteiger partial charge in [-0.15, -0.1) is 0 Å². The van der Waals surface area contributed by atoms with Gasteiger partial charge in [0.25, 0.3) is 0 Å². The molecule has 2 saturated heterocycles. The largest absolute Gasteiger partial charge is 0.375 e. The van der Waals surface area contributed by atoms with Crippen molar-refractivity contribution in [1.82, 2.24) is 15.1 Å². The van der Waals surface area contributed by atoms with Gasteiger partial charge in [-0.3, -0.25) is 4.79 Å². The second-order valence-corrected chi connectivity index (χ2v) is 5.73. The van der Waals surface area contributed by atoms with Crippen molar-refractivity contribution >= 4 is 5.91 Å². The predicted octanol–water partition coefficient (Wildman–Crippen LogP) is 0.698. The van der Waals surface area contributed by atoms with Crippen LogP contribution in [0.15, 0.2) is 0 Å². The van der Waals surface area contributed by atoms with Crippen LogP contribution in [0, 0.1) is 0 Å². The van der Waals surface area contributed by atoms with Crippen LogP contribution in [0.2, 0.25) is 0 Å². The minimum Gasteiger partial charge on any atom is -0.375 e. The third-order valence-corrected chi connectivity index (χ3v) is 4.55. The number of hydrogen-bond donors (Lipinski definition) is 1. The van der Waals surface area contributed by atoms with E-state index in [9.17, 15) is 4.79 Å². The molecule has 0 bridgehead atoms. The standard InChI is InChI=1S/C15H29N3O2/c1-3-17(4-2)13-5-8-18(9-6-13)15(19)11-14-12-16-7-10-20-14/h13-14,16H,3-12H2,1-2H3. The lowest BCUT2D eigenvalue weighted by Crippen LogP contribution is -2.48. The number of nitrogens with one attached hydrogen (secondary N) is 1. The van der Waals surface area contributed by atoms with Crippen molar-refractivity contribution in [2.75, 3.05) is 45.9 Å². The van der Waals surface area contributed by atoms with Crippen LogP contribution < -0.4 is 5.32 Å². The Balaban J connectivity index is 1.73. The van der Waals surface area contributed by atoms with Gasteiger partial charge in [-0.1, -0.05) is 13.8 Å². The lowest BCUT2D eigenvalue weighted by Gasteiger charge is -2.38. The second kappa shape index (κ2) is 7.96. The third-order valence-electron chi connectivity index (χ3n) is 4.55. The highest BCUT2D eigenvalue weighted by atomic mass is 16.5. The molecule has 116 valence electrons. The van der Waals surface area contributed by atoms with E-state index in [1.807, 2.05) is 4.90 Å². The number of hydrogen-bond acceptors (Lipinski definition) is 4. The molecule has 5 nitrogen and oxygen atoms in total. The van der Waals surface area contributed by atoms with Gasteiger partial charge in [-0.25, -0.2) is 0 Å². The molecular weight excluding hydrogens is 254 g/mol. The van der Waals surface area contributed by atoms with Crippen molar-refractivity contribution in [2.24, 2.45) is 0 Å². The molecule has 0 radical (unpaired) electrons. The first-order valence-electron chi connectivity index (χ1n) is 8.08. The molecule has 1 unspecified atom stereocenters. The van der Waals surface area contributed by atoms with Gasteiger partial charge in [0, 0.05) is 32.2 Å². The molecule has 2 fully saturated rings. The molecule has 0 spiro atoms. The highest BCUT2D eigenvalue weighted by Gasteiger charge is 2.27. The third kappa shape index (κ3) is 4.17. The van der Waals surface area contributed by atoms with Gasteiger partial charge in [-0.2, -0.15) is 0 Å². The van der Waals surface area contributed by atoms with Crippen molar-refractivity contribution in [2.45, 2.75) is 45.3 Å². The van der Waals surface area contributed by atoms with Crippen LogP contribution in [0.25, 0.3) is 0 Å². The quantitative estimate of drug-likeness (QED) is 0.807. The number of nitrogens with zero attached hydrogens (tertiary/aromatic N) is 2.